The Balaban J connectivity index is 2.03. The van der Waals surface area contributed by atoms with Crippen LogP contribution in [0, 0.1) is 6.92 Å². The second kappa shape index (κ2) is 7.92. The number of hydrogen-bond acceptors (Lipinski definition) is 2. The van der Waals surface area contributed by atoms with Crippen molar-refractivity contribution in [1.29, 1.82) is 0 Å². The van der Waals surface area contributed by atoms with Gasteiger partial charge in [-0.1, -0.05) is 24.3 Å². The van der Waals surface area contributed by atoms with E-state index in [0.717, 1.165) is 21.4 Å². The number of amides is 2. The lowest BCUT2D eigenvalue weighted by Crippen LogP contribution is -2.32. The molecule has 5 heteroatoms. The maximum absolute atomic E-state index is 12.0. The molecular formula is C18H19BrN2O2. The average molecular weight is 375 g/mol. The van der Waals surface area contributed by atoms with Gasteiger partial charge in [0.1, 0.15) is 0 Å². The minimum atomic E-state index is -0.120. The van der Waals surface area contributed by atoms with Crippen LogP contribution in [-0.4, -0.2) is 18.4 Å². The highest BCUT2D eigenvalue weighted by molar-refractivity contribution is 9.10. The Kier molecular flexibility index (Phi) is 5.93. The fraction of sp³-hybridized carbons (Fsp3) is 0.222. The number of hydrogen-bond donors (Lipinski definition) is 1. The fourth-order valence-corrected chi connectivity index (χ4v) is 2.94. The maximum atomic E-state index is 12.0. The Morgan fingerprint density at radius 1 is 1.13 bits per heavy atom. The number of anilines is 2. The SMILES string of the molecule is CC(=O)N(CCC(=O)Nc1ccccc1)c1ccc(C)cc1Br. The van der Waals surface area contributed by atoms with Gasteiger partial charge in [0.05, 0.1) is 5.69 Å². The summed E-state index contributed by atoms with van der Waals surface area (Å²) in [5, 5.41) is 2.82. The summed E-state index contributed by atoms with van der Waals surface area (Å²) in [4.78, 5) is 25.6. The Hall–Kier alpha value is -2.14. The Morgan fingerprint density at radius 2 is 1.83 bits per heavy atom. The van der Waals surface area contributed by atoms with Crippen LogP contribution in [-0.2, 0) is 9.59 Å². The number of rotatable bonds is 5. The molecule has 0 aliphatic carbocycles. The number of aryl methyl sites for hydroxylation is 1. The molecular weight excluding hydrogens is 356 g/mol. The molecule has 0 saturated carbocycles. The molecule has 0 aromatic heterocycles. The van der Waals surface area contributed by atoms with E-state index in [4.69, 9.17) is 0 Å². The summed E-state index contributed by atoms with van der Waals surface area (Å²) in [5.74, 6) is -0.215. The predicted molar refractivity (Wildman–Crippen MR) is 96.6 cm³/mol. The quantitative estimate of drug-likeness (QED) is 0.854. The monoisotopic (exact) mass is 374 g/mol. The van der Waals surface area contributed by atoms with Crippen LogP contribution in [0.2, 0.25) is 0 Å². The number of benzene rings is 2. The highest BCUT2D eigenvalue weighted by Gasteiger charge is 2.16. The smallest absolute Gasteiger partial charge is 0.226 e. The summed E-state index contributed by atoms with van der Waals surface area (Å²) < 4.78 is 0.844. The summed E-state index contributed by atoms with van der Waals surface area (Å²) in [5.41, 5.74) is 2.63. The first kappa shape index (κ1) is 17.2. The van der Waals surface area contributed by atoms with Crippen LogP contribution >= 0.6 is 15.9 Å². The number of para-hydroxylation sites is 1. The van der Waals surface area contributed by atoms with Gasteiger partial charge in [0.2, 0.25) is 11.8 Å². The van der Waals surface area contributed by atoms with Gasteiger partial charge < -0.3 is 10.2 Å². The maximum Gasteiger partial charge on any atom is 0.226 e. The Bertz CT molecular complexity index is 701. The zero-order chi connectivity index (χ0) is 16.8. The third-order valence-electron chi connectivity index (χ3n) is 3.39. The average Bonchev–Trinajstić information content (AvgIpc) is 2.50. The van der Waals surface area contributed by atoms with Crippen molar-refractivity contribution in [3.05, 3.63) is 58.6 Å². The van der Waals surface area contributed by atoms with Gasteiger partial charge in [0, 0.05) is 30.0 Å². The van der Waals surface area contributed by atoms with Gasteiger partial charge >= 0.3 is 0 Å². The third kappa shape index (κ3) is 4.93. The zero-order valence-corrected chi connectivity index (χ0v) is 14.8. The first-order valence-corrected chi connectivity index (χ1v) is 8.16. The molecule has 2 rings (SSSR count). The molecule has 23 heavy (non-hydrogen) atoms. The van der Waals surface area contributed by atoms with Crippen LogP contribution < -0.4 is 10.2 Å². The van der Waals surface area contributed by atoms with Gasteiger partial charge in [0.15, 0.2) is 0 Å². The lowest BCUT2D eigenvalue weighted by Gasteiger charge is -2.22. The van der Waals surface area contributed by atoms with Crippen molar-refractivity contribution in [2.45, 2.75) is 20.3 Å². The second-order valence-corrected chi connectivity index (χ2v) is 6.14. The standard InChI is InChI=1S/C18H19BrN2O2/c1-13-8-9-17(16(19)12-13)21(14(2)22)11-10-18(23)20-15-6-4-3-5-7-15/h3-9,12H,10-11H2,1-2H3,(H,20,23). The van der Waals surface area contributed by atoms with Crippen molar-refractivity contribution >= 4 is 39.1 Å². The number of nitrogens with zero attached hydrogens (tertiary/aromatic N) is 1. The molecule has 0 bridgehead atoms. The molecule has 0 unspecified atom stereocenters. The van der Waals surface area contributed by atoms with Gasteiger partial charge in [-0.25, -0.2) is 0 Å². The molecule has 120 valence electrons. The fourth-order valence-electron chi connectivity index (χ4n) is 2.24. The van der Waals surface area contributed by atoms with Crippen molar-refractivity contribution in [3.63, 3.8) is 0 Å². The summed E-state index contributed by atoms with van der Waals surface area (Å²) in [6, 6.07) is 15.1. The first-order valence-electron chi connectivity index (χ1n) is 7.36. The van der Waals surface area contributed by atoms with Crippen LogP contribution in [0.25, 0.3) is 0 Å². The van der Waals surface area contributed by atoms with Crippen molar-refractivity contribution in [2.24, 2.45) is 0 Å². The largest absolute Gasteiger partial charge is 0.326 e. The molecule has 0 saturated heterocycles. The molecule has 0 heterocycles. The van der Waals surface area contributed by atoms with Gasteiger partial charge in [-0.15, -0.1) is 0 Å². The predicted octanol–water partition coefficient (Wildman–Crippen LogP) is 4.14. The lowest BCUT2D eigenvalue weighted by atomic mass is 10.2. The Labute approximate surface area is 144 Å². The molecule has 0 radical (unpaired) electrons. The molecule has 0 fully saturated rings. The zero-order valence-electron chi connectivity index (χ0n) is 13.2. The number of nitrogens with one attached hydrogen (secondary N) is 1. The van der Waals surface area contributed by atoms with E-state index in [1.165, 1.54) is 6.92 Å². The molecule has 2 aromatic carbocycles. The van der Waals surface area contributed by atoms with E-state index in [1.807, 2.05) is 55.5 Å². The van der Waals surface area contributed by atoms with E-state index in [9.17, 15) is 9.59 Å². The van der Waals surface area contributed by atoms with Gasteiger partial charge in [-0.3, -0.25) is 9.59 Å². The van der Waals surface area contributed by atoms with E-state index < -0.39 is 0 Å². The van der Waals surface area contributed by atoms with E-state index in [-0.39, 0.29) is 18.2 Å². The molecule has 4 nitrogen and oxygen atoms in total. The third-order valence-corrected chi connectivity index (χ3v) is 4.03. The summed E-state index contributed by atoms with van der Waals surface area (Å²) in [7, 11) is 0. The van der Waals surface area contributed by atoms with Crippen LogP contribution in [0.4, 0.5) is 11.4 Å². The van der Waals surface area contributed by atoms with E-state index >= 15 is 0 Å². The normalized spacial score (nSPS) is 10.2. The minimum absolute atomic E-state index is 0.0953. The van der Waals surface area contributed by atoms with Crippen molar-refractivity contribution in [3.8, 4) is 0 Å². The molecule has 2 aromatic rings. The van der Waals surface area contributed by atoms with Crippen LogP contribution in [0.3, 0.4) is 0 Å². The number of carbonyl (C=O) groups excluding carboxylic acids is 2. The molecule has 0 aliphatic rings. The summed E-state index contributed by atoms with van der Waals surface area (Å²) >= 11 is 3.48. The number of carbonyl (C=O) groups is 2. The van der Waals surface area contributed by atoms with E-state index in [0.29, 0.717) is 6.54 Å². The molecule has 0 spiro atoms. The van der Waals surface area contributed by atoms with Gasteiger partial charge in [-0.05, 0) is 52.7 Å². The summed E-state index contributed by atoms with van der Waals surface area (Å²) in [6.45, 7) is 3.82. The Morgan fingerprint density at radius 3 is 2.43 bits per heavy atom. The van der Waals surface area contributed by atoms with Crippen molar-refractivity contribution < 1.29 is 9.59 Å². The van der Waals surface area contributed by atoms with E-state index in [1.54, 1.807) is 4.90 Å². The van der Waals surface area contributed by atoms with Gasteiger partial charge in [0.25, 0.3) is 0 Å². The van der Waals surface area contributed by atoms with Crippen LogP contribution in [0.15, 0.2) is 53.0 Å². The second-order valence-electron chi connectivity index (χ2n) is 5.29. The first-order chi connectivity index (χ1) is 11.0. The van der Waals surface area contributed by atoms with Gasteiger partial charge in [-0.2, -0.15) is 0 Å². The molecule has 1 N–H and O–H groups in total. The van der Waals surface area contributed by atoms with Crippen LogP contribution in [0.5, 0.6) is 0 Å². The highest BCUT2D eigenvalue weighted by Crippen LogP contribution is 2.27. The van der Waals surface area contributed by atoms with Crippen molar-refractivity contribution in [1.82, 2.24) is 0 Å². The molecule has 0 aliphatic heterocycles. The van der Waals surface area contributed by atoms with Crippen LogP contribution in [0.1, 0.15) is 18.9 Å². The van der Waals surface area contributed by atoms with Crippen molar-refractivity contribution in [2.75, 3.05) is 16.8 Å². The lowest BCUT2D eigenvalue weighted by molar-refractivity contribution is -0.117. The molecule has 0 atom stereocenters. The highest BCUT2D eigenvalue weighted by atomic mass is 79.9. The van der Waals surface area contributed by atoms with E-state index in [2.05, 4.69) is 21.2 Å². The molecule has 2 amide bonds. The number of halogens is 1. The minimum Gasteiger partial charge on any atom is -0.326 e. The summed E-state index contributed by atoms with van der Waals surface area (Å²) in [6.07, 6.45) is 0.231. The topological polar surface area (TPSA) is 49.4 Å².